The van der Waals surface area contributed by atoms with E-state index < -0.39 is 5.60 Å². The average Bonchev–Trinajstić information content (AvgIpc) is 3.26. The van der Waals surface area contributed by atoms with Gasteiger partial charge in [0.25, 0.3) is 0 Å². The Labute approximate surface area is 230 Å². The first kappa shape index (κ1) is 30.9. The summed E-state index contributed by atoms with van der Waals surface area (Å²) in [5.41, 5.74) is 2.28. The van der Waals surface area contributed by atoms with Gasteiger partial charge in [-0.1, -0.05) is 27.7 Å². The number of nitrogens with one attached hydrogen (secondary N) is 2. The SMILES string of the molecule is CC(C)CO[C@@H]1C[C@H](c2nn(C3CCCCO3)cc2CCNCCCNC(=O)OC(C)(C)C)CCC1(C)C. The molecule has 1 saturated heterocycles. The van der Waals surface area contributed by atoms with Crippen LogP contribution in [0.4, 0.5) is 4.79 Å². The van der Waals surface area contributed by atoms with Crippen LogP contribution in [0.1, 0.15) is 117 Å². The summed E-state index contributed by atoms with van der Waals surface area (Å²) in [6.07, 6.45) is 10.6. The van der Waals surface area contributed by atoms with Gasteiger partial charge in [-0.3, -0.25) is 0 Å². The van der Waals surface area contributed by atoms with Gasteiger partial charge in [-0.2, -0.15) is 5.10 Å². The Kier molecular flexibility index (Phi) is 11.5. The molecule has 0 bridgehead atoms. The molecule has 0 spiro atoms. The number of hydrogen-bond donors (Lipinski definition) is 2. The van der Waals surface area contributed by atoms with Crippen LogP contribution >= 0.6 is 0 Å². The van der Waals surface area contributed by atoms with Crippen molar-refractivity contribution >= 4 is 6.09 Å². The van der Waals surface area contributed by atoms with Crippen molar-refractivity contribution in [2.24, 2.45) is 11.3 Å². The minimum Gasteiger partial charge on any atom is -0.444 e. The molecule has 1 unspecified atom stereocenters. The van der Waals surface area contributed by atoms with Crippen LogP contribution in [-0.4, -0.2) is 60.4 Å². The smallest absolute Gasteiger partial charge is 0.407 e. The zero-order chi connectivity index (χ0) is 27.8. The maximum absolute atomic E-state index is 11.8. The predicted molar refractivity (Wildman–Crippen MR) is 151 cm³/mol. The molecule has 1 amide bonds. The molecule has 218 valence electrons. The zero-order valence-corrected chi connectivity index (χ0v) is 25.1. The van der Waals surface area contributed by atoms with Crippen molar-refractivity contribution in [3.05, 3.63) is 17.5 Å². The van der Waals surface area contributed by atoms with Crippen LogP contribution in [0, 0.1) is 11.3 Å². The number of carbonyl (C=O) groups is 1. The van der Waals surface area contributed by atoms with E-state index in [1.807, 2.05) is 20.8 Å². The van der Waals surface area contributed by atoms with Crippen molar-refractivity contribution in [2.75, 3.05) is 32.8 Å². The van der Waals surface area contributed by atoms with Crippen LogP contribution in [0.2, 0.25) is 0 Å². The summed E-state index contributed by atoms with van der Waals surface area (Å²) in [6.45, 7) is 18.7. The van der Waals surface area contributed by atoms with Crippen LogP contribution in [0.25, 0.3) is 0 Å². The first-order valence-corrected chi connectivity index (χ1v) is 14.9. The summed E-state index contributed by atoms with van der Waals surface area (Å²) in [5, 5.41) is 11.5. The van der Waals surface area contributed by atoms with E-state index in [1.165, 1.54) is 17.7 Å². The van der Waals surface area contributed by atoms with E-state index in [9.17, 15) is 4.79 Å². The molecule has 0 aromatic carbocycles. The van der Waals surface area contributed by atoms with E-state index >= 15 is 0 Å². The van der Waals surface area contributed by atoms with Crippen molar-refractivity contribution in [1.82, 2.24) is 20.4 Å². The normalized spacial score (nSPS) is 23.9. The summed E-state index contributed by atoms with van der Waals surface area (Å²) in [5.74, 6) is 0.952. The van der Waals surface area contributed by atoms with Gasteiger partial charge in [0.2, 0.25) is 0 Å². The highest BCUT2D eigenvalue weighted by atomic mass is 16.6. The van der Waals surface area contributed by atoms with E-state index in [0.29, 0.717) is 18.4 Å². The van der Waals surface area contributed by atoms with Gasteiger partial charge in [0.1, 0.15) is 11.8 Å². The van der Waals surface area contributed by atoms with Crippen molar-refractivity contribution in [3.63, 3.8) is 0 Å². The lowest BCUT2D eigenvalue weighted by Crippen LogP contribution is -2.38. The lowest BCUT2D eigenvalue weighted by atomic mass is 9.69. The Hall–Kier alpha value is -1.64. The van der Waals surface area contributed by atoms with E-state index in [0.717, 1.165) is 71.2 Å². The van der Waals surface area contributed by atoms with Gasteiger partial charge in [0.15, 0.2) is 0 Å². The summed E-state index contributed by atoms with van der Waals surface area (Å²) in [7, 11) is 0. The third-order valence-corrected chi connectivity index (χ3v) is 7.59. The van der Waals surface area contributed by atoms with Crippen molar-refractivity contribution in [3.8, 4) is 0 Å². The molecule has 3 atom stereocenters. The molecule has 2 N–H and O–H groups in total. The molecule has 1 aromatic rings. The number of ether oxygens (including phenoxy) is 3. The number of rotatable bonds is 12. The van der Waals surface area contributed by atoms with Gasteiger partial charge in [-0.15, -0.1) is 0 Å². The lowest BCUT2D eigenvalue weighted by Gasteiger charge is -2.42. The number of nitrogens with zero attached hydrogens (tertiary/aromatic N) is 2. The third kappa shape index (κ3) is 9.83. The Morgan fingerprint density at radius 1 is 1.21 bits per heavy atom. The number of carbonyl (C=O) groups excluding carboxylic acids is 1. The van der Waals surface area contributed by atoms with Gasteiger partial charge >= 0.3 is 6.09 Å². The summed E-state index contributed by atoms with van der Waals surface area (Å²) in [6, 6.07) is 0. The molecule has 1 saturated carbocycles. The quantitative estimate of drug-likeness (QED) is 0.322. The fourth-order valence-electron chi connectivity index (χ4n) is 5.38. The largest absolute Gasteiger partial charge is 0.444 e. The Morgan fingerprint density at radius 3 is 2.68 bits per heavy atom. The second kappa shape index (κ2) is 14.1. The number of amides is 1. The van der Waals surface area contributed by atoms with Gasteiger partial charge < -0.3 is 24.8 Å². The van der Waals surface area contributed by atoms with Crippen molar-refractivity contribution in [1.29, 1.82) is 0 Å². The van der Waals surface area contributed by atoms with E-state index in [2.05, 4.69) is 49.2 Å². The van der Waals surface area contributed by atoms with Crippen molar-refractivity contribution < 1.29 is 19.0 Å². The molecule has 2 heterocycles. The highest BCUT2D eigenvalue weighted by Crippen LogP contribution is 2.45. The fraction of sp³-hybridized carbons (Fsp3) is 0.867. The minimum atomic E-state index is -0.470. The summed E-state index contributed by atoms with van der Waals surface area (Å²) < 4.78 is 19.9. The third-order valence-electron chi connectivity index (χ3n) is 7.59. The average molecular weight is 535 g/mol. The Morgan fingerprint density at radius 2 is 2.00 bits per heavy atom. The molecule has 0 radical (unpaired) electrons. The van der Waals surface area contributed by atoms with Gasteiger partial charge in [0, 0.05) is 31.9 Å². The Bertz CT molecular complexity index is 855. The molecule has 1 aromatic heterocycles. The second-order valence-electron chi connectivity index (χ2n) is 13.3. The highest BCUT2D eigenvalue weighted by molar-refractivity contribution is 5.67. The molecule has 8 nitrogen and oxygen atoms in total. The molecule has 38 heavy (non-hydrogen) atoms. The highest BCUT2D eigenvalue weighted by Gasteiger charge is 2.39. The molecule has 2 fully saturated rings. The zero-order valence-electron chi connectivity index (χ0n) is 25.1. The van der Waals surface area contributed by atoms with Crippen molar-refractivity contribution in [2.45, 2.75) is 124 Å². The van der Waals surface area contributed by atoms with Crippen LogP contribution < -0.4 is 10.6 Å². The van der Waals surface area contributed by atoms with E-state index in [4.69, 9.17) is 19.3 Å². The van der Waals surface area contributed by atoms with Gasteiger partial charge in [0.05, 0.1) is 11.8 Å². The summed E-state index contributed by atoms with van der Waals surface area (Å²) >= 11 is 0. The molecule has 3 rings (SSSR count). The first-order chi connectivity index (χ1) is 17.9. The molecular formula is C30H54N4O4. The van der Waals surface area contributed by atoms with Crippen LogP contribution in [-0.2, 0) is 20.6 Å². The topological polar surface area (TPSA) is 86.6 Å². The molecule has 1 aliphatic heterocycles. The van der Waals surface area contributed by atoms with Crippen LogP contribution in [0.5, 0.6) is 0 Å². The minimum absolute atomic E-state index is 0.0520. The van der Waals surface area contributed by atoms with Crippen LogP contribution in [0.3, 0.4) is 0 Å². The molecule has 1 aliphatic carbocycles. The monoisotopic (exact) mass is 534 g/mol. The lowest BCUT2D eigenvalue weighted by molar-refractivity contribution is -0.0654. The number of hydrogen-bond acceptors (Lipinski definition) is 6. The van der Waals surface area contributed by atoms with Gasteiger partial charge in [-0.05, 0) is 102 Å². The standard InChI is InChI=1S/C30H54N4O4/c1-22(2)21-37-25-19-23(12-14-30(25,6)7)27-24(20-34(33-27)26-11-8-9-18-36-26)13-17-31-15-10-16-32-28(35)38-29(3,4)5/h20,22-23,25-26,31H,8-19,21H2,1-7H3,(H,32,35)/t23-,25-,26?/m1/s1. The second-order valence-corrected chi connectivity index (χ2v) is 13.3. The Balaban J connectivity index is 1.57. The maximum Gasteiger partial charge on any atom is 0.407 e. The predicted octanol–water partition coefficient (Wildman–Crippen LogP) is 5.96. The first-order valence-electron chi connectivity index (χ1n) is 14.9. The molecule has 8 heteroatoms. The number of alkyl carbamates (subject to hydrolysis) is 1. The van der Waals surface area contributed by atoms with E-state index in [-0.39, 0.29) is 23.8 Å². The van der Waals surface area contributed by atoms with E-state index in [1.54, 1.807) is 0 Å². The molecule has 2 aliphatic rings. The maximum atomic E-state index is 11.8. The molecular weight excluding hydrogens is 480 g/mol. The summed E-state index contributed by atoms with van der Waals surface area (Å²) in [4.78, 5) is 11.8. The number of aromatic nitrogens is 2. The van der Waals surface area contributed by atoms with Gasteiger partial charge in [-0.25, -0.2) is 9.48 Å². The fourth-order valence-corrected chi connectivity index (χ4v) is 5.38. The van der Waals surface area contributed by atoms with Crippen LogP contribution in [0.15, 0.2) is 6.20 Å².